The second-order valence-corrected chi connectivity index (χ2v) is 8.25. The summed E-state index contributed by atoms with van der Waals surface area (Å²) >= 11 is 0. The fraction of sp³-hybridized carbons (Fsp3) is 0.455. The predicted molar refractivity (Wildman–Crippen MR) is 113 cm³/mol. The second-order valence-electron chi connectivity index (χ2n) is 8.25. The van der Waals surface area contributed by atoms with Crippen LogP contribution in [0.25, 0.3) is 11.1 Å². The van der Waals surface area contributed by atoms with Gasteiger partial charge in [0.25, 0.3) is 6.01 Å². The summed E-state index contributed by atoms with van der Waals surface area (Å²) in [5.74, 6) is 1.47. The van der Waals surface area contributed by atoms with Crippen LogP contribution in [0.4, 0.5) is 6.01 Å². The third kappa shape index (κ3) is 4.45. The van der Waals surface area contributed by atoms with Crippen LogP contribution in [0.5, 0.6) is 11.5 Å². The number of oxazole rings is 1. The van der Waals surface area contributed by atoms with Gasteiger partial charge in [0.2, 0.25) is 0 Å². The Kier molecular flexibility index (Phi) is 5.32. The lowest BCUT2D eigenvalue weighted by Crippen LogP contribution is -2.53. The Morgan fingerprint density at radius 3 is 2.45 bits per heavy atom. The predicted octanol–water partition coefficient (Wildman–Crippen LogP) is 3.73. The zero-order valence-electron chi connectivity index (χ0n) is 17.5. The third-order valence-electron chi connectivity index (χ3n) is 5.27. The van der Waals surface area contributed by atoms with Gasteiger partial charge in [-0.25, -0.2) is 0 Å². The van der Waals surface area contributed by atoms with Crippen LogP contribution in [0.2, 0.25) is 0 Å². The van der Waals surface area contributed by atoms with Crippen LogP contribution in [0.1, 0.15) is 26.5 Å². The molecule has 0 radical (unpaired) electrons. The topological polar surface area (TPSA) is 63.9 Å². The van der Waals surface area contributed by atoms with Gasteiger partial charge >= 0.3 is 0 Å². The maximum atomic E-state index is 5.99. The zero-order chi connectivity index (χ0) is 20.4. The number of hydrogen-bond acceptors (Lipinski definition) is 7. The van der Waals surface area contributed by atoms with Gasteiger partial charge in [-0.15, -0.1) is 0 Å². The first-order valence-electron chi connectivity index (χ1n) is 9.95. The molecule has 3 heterocycles. The Labute approximate surface area is 171 Å². The van der Waals surface area contributed by atoms with Gasteiger partial charge in [-0.05, 0) is 45.0 Å². The number of aromatic nitrogens is 2. The standard InChI is InChI=1S/C22H28N4O3/c1-22(2,3)26-11-9-25(10-12-26)21-24-19-13-17(7-8-20(19)29-21)28-15-16-5-6-18(27-4)14-23-16/h5-8,13-14H,9-12,15H2,1-4H3. The average molecular weight is 396 g/mol. The van der Waals surface area contributed by atoms with E-state index < -0.39 is 0 Å². The van der Waals surface area contributed by atoms with Crippen molar-refractivity contribution in [2.45, 2.75) is 32.9 Å². The summed E-state index contributed by atoms with van der Waals surface area (Å²) in [6.07, 6.45) is 1.69. The monoisotopic (exact) mass is 396 g/mol. The summed E-state index contributed by atoms with van der Waals surface area (Å²) in [6.45, 7) is 11.0. The molecule has 0 aliphatic carbocycles. The first-order valence-corrected chi connectivity index (χ1v) is 9.95. The Bertz CT molecular complexity index is 954. The third-order valence-corrected chi connectivity index (χ3v) is 5.27. The molecule has 154 valence electrons. The van der Waals surface area contributed by atoms with Crippen LogP contribution >= 0.6 is 0 Å². The van der Waals surface area contributed by atoms with E-state index in [2.05, 4.69) is 35.6 Å². The van der Waals surface area contributed by atoms with Crippen molar-refractivity contribution in [3.63, 3.8) is 0 Å². The van der Waals surface area contributed by atoms with Gasteiger partial charge in [0.1, 0.15) is 23.6 Å². The van der Waals surface area contributed by atoms with Crippen LogP contribution in [-0.4, -0.2) is 53.7 Å². The second kappa shape index (κ2) is 7.91. The molecule has 29 heavy (non-hydrogen) atoms. The van der Waals surface area contributed by atoms with Crippen molar-refractivity contribution in [3.8, 4) is 11.5 Å². The van der Waals surface area contributed by atoms with Crippen molar-refractivity contribution in [1.82, 2.24) is 14.9 Å². The van der Waals surface area contributed by atoms with E-state index in [4.69, 9.17) is 18.9 Å². The Morgan fingerprint density at radius 1 is 1.03 bits per heavy atom. The Balaban J connectivity index is 1.41. The molecule has 0 saturated carbocycles. The number of ether oxygens (including phenoxy) is 2. The fourth-order valence-electron chi connectivity index (χ4n) is 3.46. The molecule has 1 aliphatic rings. The van der Waals surface area contributed by atoms with E-state index in [1.165, 1.54) is 0 Å². The van der Waals surface area contributed by atoms with Gasteiger partial charge in [-0.2, -0.15) is 4.98 Å². The SMILES string of the molecule is COc1ccc(COc2ccc3oc(N4CCN(C(C)(C)C)CC4)nc3c2)nc1. The smallest absolute Gasteiger partial charge is 0.298 e. The summed E-state index contributed by atoms with van der Waals surface area (Å²) in [7, 11) is 1.62. The summed E-state index contributed by atoms with van der Waals surface area (Å²) in [4.78, 5) is 13.7. The Hall–Kier alpha value is -2.80. The maximum Gasteiger partial charge on any atom is 0.298 e. The van der Waals surface area contributed by atoms with E-state index in [1.54, 1.807) is 13.3 Å². The number of hydrogen-bond donors (Lipinski definition) is 0. The van der Waals surface area contributed by atoms with Gasteiger partial charge in [0, 0.05) is 37.8 Å². The van der Waals surface area contributed by atoms with E-state index in [1.807, 2.05) is 30.3 Å². The van der Waals surface area contributed by atoms with Gasteiger partial charge in [0.05, 0.1) is 19.0 Å². The molecule has 4 rings (SSSR count). The molecule has 3 aromatic rings. The first-order chi connectivity index (χ1) is 13.9. The van der Waals surface area contributed by atoms with Crippen LogP contribution in [0.3, 0.4) is 0 Å². The largest absolute Gasteiger partial charge is 0.495 e. The van der Waals surface area contributed by atoms with Crippen molar-refractivity contribution >= 4 is 17.1 Å². The van der Waals surface area contributed by atoms with Gasteiger partial charge < -0.3 is 18.8 Å². The molecule has 1 aliphatic heterocycles. The molecule has 7 nitrogen and oxygen atoms in total. The van der Waals surface area contributed by atoms with E-state index >= 15 is 0 Å². The van der Waals surface area contributed by atoms with Crippen molar-refractivity contribution < 1.29 is 13.9 Å². The summed E-state index contributed by atoms with van der Waals surface area (Å²) < 4.78 is 17.0. The minimum absolute atomic E-state index is 0.193. The summed E-state index contributed by atoms with van der Waals surface area (Å²) in [5.41, 5.74) is 2.60. The number of pyridine rings is 1. The first kappa shape index (κ1) is 19.5. The number of anilines is 1. The number of nitrogens with zero attached hydrogens (tertiary/aromatic N) is 4. The lowest BCUT2D eigenvalue weighted by Gasteiger charge is -2.41. The quantitative estimate of drug-likeness (QED) is 0.651. The van der Waals surface area contributed by atoms with E-state index in [0.29, 0.717) is 12.6 Å². The van der Waals surface area contributed by atoms with Gasteiger partial charge in [0.15, 0.2) is 5.58 Å². The number of piperazine rings is 1. The van der Waals surface area contributed by atoms with Crippen LogP contribution in [0.15, 0.2) is 40.9 Å². The van der Waals surface area contributed by atoms with Crippen LogP contribution in [0, 0.1) is 0 Å². The molecule has 1 aromatic carbocycles. The molecular weight excluding hydrogens is 368 g/mol. The van der Waals surface area contributed by atoms with E-state index in [-0.39, 0.29) is 5.54 Å². The number of fused-ring (bicyclic) bond motifs is 1. The summed E-state index contributed by atoms with van der Waals surface area (Å²) in [5, 5.41) is 0. The highest BCUT2D eigenvalue weighted by atomic mass is 16.5. The number of rotatable bonds is 5. The molecule has 1 saturated heterocycles. The summed E-state index contributed by atoms with van der Waals surface area (Å²) in [6, 6.07) is 10.2. The highest BCUT2D eigenvalue weighted by molar-refractivity contribution is 5.76. The van der Waals surface area contributed by atoms with Crippen LogP contribution in [-0.2, 0) is 6.61 Å². The lowest BCUT2D eigenvalue weighted by molar-refractivity contribution is 0.127. The number of methoxy groups -OCH3 is 1. The molecule has 0 spiro atoms. The molecule has 7 heteroatoms. The molecular formula is C22H28N4O3. The highest BCUT2D eigenvalue weighted by Crippen LogP contribution is 2.27. The molecule has 0 N–H and O–H groups in total. The Morgan fingerprint density at radius 2 is 1.79 bits per heavy atom. The maximum absolute atomic E-state index is 5.99. The molecule has 2 aromatic heterocycles. The molecule has 0 unspecified atom stereocenters. The minimum Gasteiger partial charge on any atom is -0.495 e. The zero-order valence-corrected chi connectivity index (χ0v) is 17.5. The molecule has 0 atom stereocenters. The van der Waals surface area contributed by atoms with Crippen LogP contribution < -0.4 is 14.4 Å². The molecule has 0 bridgehead atoms. The van der Waals surface area contributed by atoms with E-state index in [0.717, 1.165) is 54.5 Å². The number of benzene rings is 1. The van der Waals surface area contributed by atoms with E-state index in [9.17, 15) is 0 Å². The van der Waals surface area contributed by atoms with Crippen molar-refractivity contribution in [2.24, 2.45) is 0 Å². The normalized spacial score (nSPS) is 15.7. The van der Waals surface area contributed by atoms with Crippen molar-refractivity contribution in [2.75, 3.05) is 38.2 Å². The lowest BCUT2D eigenvalue weighted by atomic mass is 10.1. The highest BCUT2D eigenvalue weighted by Gasteiger charge is 2.27. The van der Waals surface area contributed by atoms with Gasteiger partial charge in [-0.1, -0.05) is 0 Å². The average Bonchev–Trinajstić information content (AvgIpc) is 3.15. The minimum atomic E-state index is 0.193. The molecule has 0 amide bonds. The van der Waals surface area contributed by atoms with Crippen molar-refractivity contribution in [3.05, 3.63) is 42.2 Å². The molecule has 1 fully saturated rings. The van der Waals surface area contributed by atoms with Crippen molar-refractivity contribution in [1.29, 1.82) is 0 Å². The fourth-order valence-corrected chi connectivity index (χ4v) is 3.46. The van der Waals surface area contributed by atoms with Gasteiger partial charge in [-0.3, -0.25) is 9.88 Å².